The van der Waals surface area contributed by atoms with Gasteiger partial charge in [0, 0.05) is 31.9 Å². The topological polar surface area (TPSA) is 144 Å². The molecule has 34 heavy (non-hydrogen) atoms. The van der Waals surface area contributed by atoms with Crippen molar-refractivity contribution in [1.29, 1.82) is 0 Å². The van der Waals surface area contributed by atoms with Gasteiger partial charge in [0.15, 0.2) is 6.10 Å². The second-order valence-electron chi connectivity index (χ2n) is 7.37. The zero-order chi connectivity index (χ0) is 24.9. The molecule has 0 amide bonds. The molecule has 3 rings (SSSR count). The standard InChI is InChI=1S/C22H26N4O7S/c1-14(20-24-25-21(33-20)15-5-7-16(31-4)8-6-15)32-22(28)18-13-17(34(29,30)26(2)3)9-10-19(18)23-11-12-27/h5-10,13-14,23,27H,11-12H2,1-4H3. The van der Waals surface area contributed by atoms with Crippen molar-refractivity contribution in [2.75, 3.05) is 39.7 Å². The fourth-order valence-corrected chi connectivity index (χ4v) is 3.86. The normalized spacial score (nSPS) is 12.4. The number of esters is 1. The van der Waals surface area contributed by atoms with Crippen LogP contribution in [-0.2, 0) is 14.8 Å². The van der Waals surface area contributed by atoms with Crippen LogP contribution in [0.5, 0.6) is 5.75 Å². The Kier molecular flexibility index (Phi) is 7.87. The Hall–Kier alpha value is -3.48. The third kappa shape index (κ3) is 5.53. The lowest BCUT2D eigenvalue weighted by atomic mass is 10.1. The van der Waals surface area contributed by atoms with Crippen molar-refractivity contribution in [3.05, 3.63) is 53.9 Å². The predicted molar refractivity (Wildman–Crippen MR) is 123 cm³/mol. The van der Waals surface area contributed by atoms with Gasteiger partial charge in [-0.15, -0.1) is 10.2 Å². The van der Waals surface area contributed by atoms with Gasteiger partial charge in [0.25, 0.3) is 5.89 Å². The van der Waals surface area contributed by atoms with Crippen LogP contribution >= 0.6 is 0 Å². The molecular formula is C22H26N4O7S. The highest BCUT2D eigenvalue weighted by molar-refractivity contribution is 7.89. The number of carbonyl (C=O) groups is 1. The van der Waals surface area contributed by atoms with Gasteiger partial charge in [0.2, 0.25) is 15.9 Å². The van der Waals surface area contributed by atoms with E-state index in [9.17, 15) is 13.2 Å². The number of rotatable bonds is 10. The lowest BCUT2D eigenvalue weighted by molar-refractivity contribution is 0.0280. The Morgan fingerprint density at radius 2 is 1.88 bits per heavy atom. The number of methoxy groups -OCH3 is 1. The first-order valence-corrected chi connectivity index (χ1v) is 11.7. The summed E-state index contributed by atoms with van der Waals surface area (Å²) in [5.74, 6) is 0.189. The van der Waals surface area contributed by atoms with Crippen molar-refractivity contribution in [2.24, 2.45) is 0 Å². The Morgan fingerprint density at radius 3 is 2.50 bits per heavy atom. The maximum atomic E-state index is 13.0. The lowest BCUT2D eigenvalue weighted by Gasteiger charge is -2.16. The van der Waals surface area contributed by atoms with Crippen LogP contribution in [0.4, 0.5) is 5.69 Å². The van der Waals surface area contributed by atoms with E-state index >= 15 is 0 Å². The van der Waals surface area contributed by atoms with E-state index in [0.29, 0.717) is 17.0 Å². The zero-order valence-electron chi connectivity index (χ0n) is 19.2. The molecule has 2 N–H and O–H groups in total. The van der Waals surface area contributed by atoms with E-state index in [4.69, 9.17) is 19.0 Å². The second-order valence-corrected chi connectivity index (χ2v) is 9.52. The second kappa shape index (κ2) is 10.6. The summed E-state index contributed by atoms with van der Waals surface area (Å²) in [4.78, 5) is 12.9. The number of hydrogen-bond acceptors (Lipinski definition) is 10. The van der Waals surface area contributed by atoms with Crippen LogP contribution < -0.4 is 10.1 Å². The molecule has 182 valence electrons. The van der Waals surface area contributed by atoms with Crippen molar-refractivity contribution in [3.8, 4) is 17.2 Å². The Labute approximate surface area is 197 Å². The smallest absolute Gasteiger partial charge is 0.341 e. The Balaban J connectivity index is 1.84. The quantitative estimate of drug-likeness (QED) is 0.406. The van der Waals surface area contributed by atoms with Gasteiger partial charge >= 0.3 is 5.97 Å². The summed E-state index contributed by atoms with van der Waals surface area (Å²) in [7, 11) is 0.561. The molecule has 0 saturated carbocycles. The molecule has 0 bridgehead atoms. The van der Waals surface area contributed by atoms with Gasteiger partial charge in [-0.1, -0.05) is 0 Å². The third-order valence-corrected chi connectivity index (χ3v) is 6.64. The van der Waals surface area contributed by atoms with Crippen molar-refractivity contribution in [1.82, 2.24) is 14.5 Å². The summed E-state index contributed by atoms with van der Waals surface area (Å²) in [6.45, 7) is 1.54. The molecule has 1 atom stereocenters. The molecule has 0 fully saturated rings. The number of benzene rings is 2. The fraction of sp³-hybridized carbons (Fsp3) is 0.318. The zero-order valence-corrected chi connectivity index (χ0v) is 20.0. The van der Waals surface area contributed by atoms with Gasteiger partial charge in [0.05, 0.1) is 24.2 Å². The lowest BCUT2D eigenvalue weighted by Crippen LogP contribution is -2.23. The number of anilines is 1. The first-order chi connectivity index (χ1) is 16.2. The molecular weight excluding hydrogens is 464 g/mol. The SMILES string of the molecule is COc1ccc(-c2nnc(C(C)OC(=O)c3cc(S(=O)(=O)N(C)C)ccc3NCCO)o2)cc1. The highest BCUT2D eigenvalue weighted by Crippen LogP contribution is 2.27. The molecule has 1 aromatic heterocycles. The van der Waals surface area contributed by atoms with Crippen LogP contribution in [-0.4, -0.2) is 68.4 Å². The fourth-order valence-electron chi connectivity index (χ4n) is 2.93. The Morgan fingerprint density at radius 1 is 1.18 bits per heavy atom. The highest BCUT2D eigenvalue weighted by Gasteiger charge is 2.25. The number of aromatic nitrogens is 2. The van der Waals surface area contributed by atoms with Crippen LogP contribution in [0.15, 0.2) is 51.8 Å². The van der Waals surface area contributed by atoms with Crippen molar-refractivity contribution < 1.29 is 32.2 Å². The molecule has 0 saturated heterocycles. The molecule has 0 spiro atoms. The first kappa shape index (κ1) is 25.1. The maximum absolute atomic E-state index is 13.0. The average molecular weight is 491 g/mol. The molecule has 0 aliphatic rings. The number of hydrogen-bond donors (Lipinski definition) is 2. The number of nitrogens with zero attached hydrogens (tertiary/aromatic N) is 3. The maximum Gasteiger partial charge on any atom is 0.341 e. The largest absolute Gasteiger partial charge is 0.497 e. The highest BCUT2D eigenvalue weighted by atomic mass is 32.2. The van der Waals surface area contributed by atoms with E-state index in [1.54, 1.807) is 38.3 Å². The van der Waals surface area contributed by atoms with Gasteiger partial charge in [-0.05, 0) is 49.4 Å². The van der Waals surface area contributed by atoms with Crippen LogP contribution in [0.25, 0.3) is 11.5 Å². The minimum absolute atomic E-state index is 0.0156. The molecule has 1 unspecified atom stereocenters. The van der Waals surface area contributed by atoms with Crippen molar-refractivity contribution in [3.63, 3.8) is 0 Å². The van der Waals surface area contributed by atoms with E-state index in [-0.39, 0.29) is 35.4 Å². The van der Waals surface area contributed by atoms with Gasteiger partial charge in [-0.2, -0.15) is 0 Å². The number of aliphatic hydroxyl groups is 1. The van der Waals surface area contributed by atoms with E-state index in [1.807, 2.05) is 0 Å². The molecule has 2 aromatic carbocycles. The van der Waals surface area contributed by atoms with E-state index in [1.165, 1.54) is 32.3 Å². The van der Waals surface area contributed by atoms with Crippen LogP contribution in [0.3, 0.4) is 0 Å². The molecule has 0 aliphatic carbocycles. The number of aliphatic hydroxyl groups excluding tert-OH is 1. The number of carbonyl (C=O) groups excluding carboxylic acids is 1. The van der Waals surface area contributed by atoms with Gasteiger partial charge in [-0.25, -0.2) is 17.5 Å². The minimum Gasteiger partial charge on any atom is -0.497 e. The summed E-state index contributed by atoms with van der Waals surface area (Å²) in [6.07, 6.45) is -0.910. The van der Waals surface area contributed by atoms with Gasteiger partial charge < -0.3 is 24.3 Å². The average Bonchev–Trinajstić information content (AvgIpc) is 3.33. The van der Waals surface area contributed by atoms with E-state index in [2.05, 4.69) is 15.5 Å². The van der Waals surface area contributed by atoms with Crippen LogP contribution in [0, 0.1) is 0 Å². The summed E-state index contributed by atoms with van der Waals surface area (Å²) >= 11 is 0. The minimum atomic E-state index is -3.78. The molecule has 0 radical (unpaired) electrons. The first-order valence-electron chi connectivity index (χ1n) is 10.3. The van der Waals surface area contributed by atoms with E-state index in [0.717, 1.165) is 4.31 Å². The van der Waals surface area contributed by atoms with Gasteiger partial charge in [0.1, 0.15) is 5.75 Å². The Bertz CT molecular complexity index is 1240. The summed E-state index contributed by atoms with van der Waals surface area (Å²) in [5, 5.41) is 19.9. The summed E-state index contributed by atoms with van der Waals surface area (Å²) in [5.41, 5.74) is 0.960. The summed E-state index contributed by atoms with van der Waals surface area (Å²) in [6, 6.07) is 11.0. The van der Waals surface area contributed by atoms with Crippen LogP contribution in [0.2, 0.25) is 0 Å². The van der Waals surface area contributed by atoms with Crippen molar-refractivity contribution >= 4 is 21.7 Å². The third-order valence-electron chi connectivity index (χ3n) is 4.83. The van der Waals surface area contributed by atoms with Gasteiger partial charge in [-0.3, -0.25) is 0 Å². The molecule has 0 aliphatic heterocycles. The van der Waals surface area contributed by atoms with E-state index < -0.39 is 22.1 Å². The molecule has 1 heterocycles. The number of ether oxygens (including phenoxy) is 2. The predicted octanol–water partition coefficient (Wildman–Crippen LogP) is 2.32. The molecule has 12 heteroatoms. The molecule has 3 aromatic rings. The number of sulfonamides is 1. The van der Waals surface area contributed by atoms with Crippen molar-refractivity contribution in [2.45, 2.75) is 17.9 Å². The van der Waals surface area contributed by atoms with Crippen LogP contribution in [0.1, 0.15) is 29.3 Å². The molecule has 11 nitrogen and oxygen atoms in total. The summed E-state index contributed by atoms with van der Waals surface area (Å²) < 4.78 is 42.4. The monoisotopic (exact) mass is 490 g/mol. The number of nitrogens with one attached hydrogen (secondary N) is 1.